The quantitative estimate of drug-likeness (QED) is 0.770. The lowest BCUT2D eigenvalue weighted by Crippen LogP contribution is -2.45. The minimum atomic E-state index is -1.08. The number of hydrogen-bond acceptors (Lipinski definition) is 4. The fourth-order valence-corrected chi connectivity index (χ4v) is 2.87. The van der Waals surface area contributed by atoms with E-state index >= 15 is 0 Å². The van der Waals surface area contributed by atoms with E-state index in [1.165, 1.54) is 0 Å². The van der Waals surface area contributed by atoms with E-state index in [4.69, 9.17) is 4.74 Å². The van der Waals surface area contributed by atoms with Gasteiger partial charge in [-0.1, -0.05) is 19.3 Å². The van der Waals surface area contributed by atoms with E-state index in [0.29, 0.717) is 24.2 Å². The van der Waals surface area contributed by atoms with Gasteiger partial charge < -0.3 is 14.6 Å². The van der Waals surface area contributed by atoms with Crippen LogP contribution in [-0.4, -0.2) is 18.9 Å². The Bertz CT molecular complexity index is 484. The van der Waals surface area contributed by atoms with Gasteiger partial charge in [0.15, 0.2) is 5.78 Å². The van der Waals surface area contributed by atoms with Crippen LogP contribution in [0.5, 0.6) is 5.75 Å². The van der Waals surface area contributed by atoms with Gasteiger partial charge in [-0.2, -0.15) is 0 Å². The molecule has 20 heavy (non-hydrogen) atoms. The first-order valence-electron chi connectivity index (χ1n) is 6.96. The minimum absolute atomic E-state index is 0.0294. The molecule has 4 nitrogen and oxygen atoms in total. The van der Waals surface area contributed by atoms with Gasteiger partial charge in [0.2, 0.25) is 0 Å². The lowest BCUT2D eigenvalue weighted by atomic mass is 9.70. The van der Waals surface area contributed by atoms with Crippen LogP contribution in [0.25, 0.3) is 0 Å². The van der Waals surface area contributed by atoms with Crippen LogP contribution in [0.3, 0.4) is 0 Å². The number of carboxylic acids is 1. The van der Waals surface area contributed by atoms with Crippen LogP contribution in [0.4, 0.5) is 0 Å². The lowest BCUT2D eigenvalue weighted by Gasteiger charge is -2.37. The van der Waals surface area contributed by atoms with Gasteiger partial charge in [0.25, 0.3) is 0 Å². The van der Waals surface area contributed by atoms with Gasteiger partial charge >= 0.3 is 0 Å². The van der Waals surface area contributed by atoms with Crippen LogP contribution in [0.15, 0.2) is 24.3 Å². The van der Waals surface area contributed by atoms with Gasteiger partial charge in [-0.05, 0) is 37.1 Å². The first-order valence-corrected chi connectivity index (χ1v) is 6.96. The molecule has 1 fully saturated rings. The highest BCUT2D eigenvalue weighted by atomic mass is 16.5. The highest BCUT2D eigenvalue weighted by Gasteiger charge is 2.35. The average Bonchev–Trinajstić information content (AvgIpc) is 2.48. The van der Waals surface area contributed by atoms with E-state index in [1.54, 1.807) is 31.4 Å². The average molecular weight is 275 g/mol. The third kappa shape index (κ3) is 3.00. The summed E-state index contributed by atoms with van der Waals surface area (Å²) >= 11 is 0. The van der Waals surface area contributed by atoms with E-state index in [-0.39, 0.29) is 12.2 Å². The van der Waals surface area contributed by atoms with E-state index < -0.39 is 11.4 Å². The first-order chi connectivity index (χ1) is 9.57. The standard InChI is InChI=1S/C16H20O4/c1-20-13-7-5-12(6-8-13)14(17)11-16(15(18)19)9-3-2-4-10-16/h5-8H,2-4,9-11H2,1H3,(H,18,19)/p-1. The summed E-state index contributed by atoms with van der Waals surface area (Å²) < 4.78 is 5.04. The van der Waals surface area contributed by atoms with Crippen molar-refractivity contribution >= 4 is 11.8 Å². The Kier molecular flexibility index (Phi) is 4.42. The number of ether oxygens (including phenoxy) is 1. The SMILES string of the molecule is COc1ccc(C(=O)CC2(C(=O)[O-])CCCCC2)cc1. The summed E-state index contributed by atoms with van der Waals surface area (Å²) in [4.78, 5) is 23.8. The van der Waals surface area contributed by atoms with Gasteiger partial charge in [-0.25, -0.2) is 0 Å². The van der Waals surface area contributed by atoms with Gasteiger partial charge in [0.05, 0.1) is 7.11 Å². The number of hydrogen-bond donors (Lipinski definition) is 0. The second-order valence-corrected chi connectivity index (χ2v) is 5.46. The Morgan fingerprint density at radius 2 is 1.75 bits per heavy atom. The monoisotopic (exact) mass is 275 g/mol. The second-order valence-electron chi connectivity index (χ2n) is 5.46. The fraction of sp³-hybridized carbons (Fsp3) is 0.500. The summed E-state index contributed by atoms with van der Waals surface area (Å²) in [6, 6.07) is 6.76. The summed E-state index contributed by atoms with van der Waals surface area (Å²) in [5.74, 6) is -0.549. The van der Waals surface area contributed by atoms with Gasteiger partial charge in [-0.15, -0.1) is 0 Å². The van der Waals surface area contributed by atoms with Crippen molar-refractivity contribution in [3.63, 3.8) is 0 Å². The van der Waals surface area contributed by atoms with Crippen LogP contribution < -0.4 is 9.84 Å². The summed E-state index contributed by atoms with van der Waals surface area (Å²) in [7, 11) is 1.56. The molecule has 0 amide bonds. The molecule has 0 spiro atoms. The topological polar surface area (TPSA) is 66.4 Å². The highest BCUT2D eigenvalue weighted by Crippen LogP contribution is 2.39. The molecule has 0 radical (unpaired) electrons. The molecule has 1 aliphatic rings. The normalized spacial score (nSPS) is 17.4. The Balaban J connectivity index is 2.13. The molecule has 4 heteroatoms. The number of aliphatic carboxylic acids is 1. The van der Waals surface area contributed by atoms with Crippen LogP contribution in [0, 0.1) is 5.41 Å². The van der Waals surface area contributed by atoms with E-state index in [2.05, 4.69) is 0 Å². The molecular formula is C16H19O4-. The van der Waals surface area contributed by atoms with Crippen molar-refractivity contribution < 1.29 is 19.4 Å². The van der Waals surface area contributed by atoms with Crippen LogP contribution in [0.1, 0.15) is 48.9 Å². The van der Waals surface area contributed by atoms with Crippen molar-refractivity contribution in [2.75, 3.05) is 7.11 Å². The summed E-state index contributed by atoms with van der Waals surface area (Å²) in [5, 5.41) is 11.5. The Morgan fingerprint density at radius 1 is 1.15 bits per heavy atom. The number of Topliss-reactive ketones (excluding diaryl/α,β-unsaturated/α-hetero) is 1. The highest BCUT2D eigenvalue weighted by molar-refractivity contribution is 5.98. The maximum absolute atomic E-state index is 12.3. The molecule has 0 aliphatic heterocycles. The predicted octanol–water partition coefficient (Wildman–Crippen LogP) is 1.97. The van der Waals surface area contributed by atoms with Crippen molar-refractivity contribution in [3.8, 4) is 5.75 Å². The largest absolute Gasteiger partial charge is 0.550 e. The summed E-state index contributed by atoms with van der Waals surface area (Å²) in [6.45, 7) is 0. The summed E-state index contributed by atoms with van der Waals surface area (Å²) in [5.41, 5.74) is -0.452. The van der Waals surface area contributed by atoms with Crippen molar-refractivity contribution in [2.24, 2.45) is 5.41 Å². The molecule has 0 bridgehead atoms. The number of carbonyl (C=O) groups excluding carboxylic acids is 2. The molecule has 0 heterocycles. The van der Waals surface area contributed by atoms with Crippen LogP contribution >= 0.6 is 0 Å². The molecule has 1 aromatic carbocycles. The van der Waals surface area contributed by atoms with Crippen molar-refractivity contribution in [1.29, 1.82) is 0 Å². The molecule has 1 saturated carbocycles. The van der Waals surface area contributed by atoms with Gasteiger partial charge in [0.1, 0.15) is 5.75 Å². The molecular weight excluding hydrogens is 256 g/mol. The molecule has 0 aromatic heterocycles. The van der Waals surface area contributed by atoms with Gasteiger partial charge in [0, 0.05) is 23.4 Å². The van der Waals surface area contributed by atoms with E-state index in [1.807, 2.05) is 0 Å². The maximum Gasteiger partial charge on any atom is 0.163 e. The van der Waals surface area contributed by atoms with Crippen molar-refractivity contribution in [2.45, 2.75) is 38.5 Å². The molecule has 0 atom stereocenters. The number of ketones is 1. The maximum atomic E-state index is 12.3. The van der Waals surface area contributed by atoms with Crippen LogP contribution in [0.2, 0.25) is 0 Å². The Hall–Kier alpha value is -1.84. The van der Waals surface area contributed by atoms with E-state index in [9.17, 15) is 14.7 Å². The molecule has 1 aliphatic carbocycles. The smallest absolute Gasteiger partial charge is 0.163 e. The number of rotatable bonds is 5. The number of carboxylic acid groups (broad SMARTS) is 1. The van der Waals surface area contributed by atoms with Gasteiger partial charge in [-0.3, -0.25) is 4.79 Å². The first kappa shape index (κ1) is 14.6. The Morgan fingerprint density at radius 3 is 2.25 bits per heavy atom. The van der Waals surface area contributed by atoms with Crippen molar-refractivity contribution in [1.82, 2.24) is 0 Å². The molecule has 0 N–H and O–H groups in total. The predicted molar refractivity (Wildman–Crippen MR) is 72.5 cm³/mol. The summed E-state index contributed by atoms with van der Waals surface area (Å²) in [6.07, 6.45) is 3.84. The molecule has 1 aromatic rings. The second kappa shape index (κ2) is 6.07. The molecule has 0 saturated heterocycles. The molecule has 108 valence electrons. The zero-order valence-electron chi connectivity index (χ0n) is 11.7. The zero-order valence-corrected chi connectivity index (χ0v) is 11.7. The fourth-order valence-electron chi connectivity index (χ4n) is 2.87. The lowest BCUT2D eigenvalue weighted by molar-refractivity contribution is -0.320. The third-order valence-electron chi connectivity index (χ3n) is 4.15. The van der Waals surface area contributed by atoms with Crippen molar-refractivity contribution in [3.05, 3.63) is 29.8 Å². The molecule has 0 unspecified atom stereocenters. The van der Waals surface area contributed by atoms with E-state index in [0.717, 1.165) is 19.3 Å². The molecule has 2 rings (SSSR count). The number of benzene rings is 1. The zero-order chi connectivity index (χ0) is 14.6. The van der Waals surface area contributed by atoms with Crippen LogP contribution in [-0.2, 0) is 4.79 Å². The minimum Gasteiger partial charge on any atom is -0.550 e. The third-order valence-corrected chi connectivity index (χ3v) is 4.15. The Labute approximate surface area is 118 Å². The number of carbonyl (C=O) groups is 2. The number of methoxy groups -OCH3 is 1.